The van der Waals surface area contributed by atoms with Crippen LogP contribution in [-0.2, 0) is 0 Å². The Morgan fingerprint density at radius 3 is 2.38 bits per heavy atom. The fourth-order valence-corrected chi connectivity index (χ4v) is 4.42. The molecular formula is C20H27NO5. The molecule has 0 saturated heterocycles. The summed E-state index contributed by atoms with van der Waals surface area (Å²) in [7, 11) is 0. The zero-order valence-corrected chi connectivity index (χ0v) is 15.6. The number of hydrogen-bond donors (Lipinski definition) is 2. The average molecular weight is 361 g/mol. The predicted molar refractivity (Wildman–Crippen MR) is 97.9 cm³/mol. The molecule has 2 aliphatic carbocycles. The highest BCUT2D eigenvalue weighted by atomic mass is 16.6. The van der Waals surface area contributed by atoms with Crippen LogP contribution in [0.2, 0.25) is 0 Å². The van der Waals surface area contributed by atoms with Gasteiger partial charge in [0.05, 0.1) is 18.1 Å². The monoisotopic (exact) mass is 361 g/mol. The summed E-state index contributed by atoms with van der Waals surface area (Å²) < 4.78 is 6.23. The smallest absolute Gasteiger partial charge is 0.269 e. The molecule has 2 atom stereocenters. The van der Waals surface area contributed by atoms with E-state index in [1.807, 2.05) is 13.8 Å². The molecule has 2 aliphatic rings. The van der Waals surface area contributed by atoms with Crippen LogP contribution in [0.1, 0.15) is 40.0 Å². The summed E-state index contributed by atoms with van der Waals surface area (Å²) in [6.07, 6.45) is 2.79. The molecule has 0 spiro atoms. The molecule has 0 amide bonds. The lowest BCUT2D eigenvalue weighted by Crippen LogP contribution is -2.38. The number of aliphatic hydroxyl groups is 2. The van der Waals surface area contributed by atoms with Gasteiger partial charge in [0.25, 0.3) is 5.69 Å². The van der Waals surface area contributed by atoms with Gasteiger partial charge < -0.3 is 14.9 Å². The molecule has 6 heteroatoms. The molecule has 0 heterocycles. The molecule has 1 aromatic carbocycles. The van der Waals surface area contributed by atoms with Crippen LogP contribution in [0.25, 0.3) is 0 Å². The first-order chi connectivity index (χ1) is 12.2. The predicted octanol–water partition coefficient (Wildman–Crippen LogP) is 3.47. The summed E-state index contributed by atoms with van der Waals surface area (Å²) in [5.41, 5.74) is 1.83. The number of ether oxygens (including phenoxy) is 1. The van der Waals surface area contributed by atoms with Crippen LogP contribution in [0.4, 0.5) is 5.69 Å². The minimum atomic E-state index is -0.484. The van der Waals surface area contributed by atoms with Crippen LogP contribution < -0.4 is 4.74 Å². The third kappa shape index (κ3) is 3.23. The summed E-state index contributed by atoms with van der Waals surface area (Å²) in [4.78, 5) is 10.4. The van der Waals surface area contributed by atoms with Gasteiger partial charge in [-0.2, -0.15) is 0 Å². The fourth-order valence-electron chi connectivity index (χ4n) is 4.42. The van der Waals surface area contributed by atoms with Crippen molar-refractivity contribution in [2.45, 2.75) is 45.6 Å². The lowest BCUT2D eigenvalue weighted by molar-refractivity contribution is -0.384. The van der Waals surface area contributed by atoms with E-state index in [2.05, 4.69) is 6.92 Å². The molecule has 1 unspecified atom stereocenters. The molecule has 2 N–H and O–H groups in total. The largest absolute Gasteiger partial charge is 0.487 e. The average Bonchev–Trinajstić information content (AvgIpc) is 3.20. The highest BCUT2D eigenvalue weighted by molar-refractivity contribution is 5.38. The van der Waals surface area contributed by atoms with E-state index in [0.717, 1.165) is 19.3 Å². The topological polar surface area (TPSA) is 92.8 Å². The molecule has 6 nitrogen and oxygen atoms in total. The maximum absolute atomic E-state index is 10.8. The third-order valence-corrected chi connectivity index (χ3v) is 6.14. The number of non-ortho nitro benzene ring substituents is 1. The molecule has 142 valence electrons. The van der Waals surface area contributed by atoms with Crippen molar-refractivity contribution < 1.29 is 19.9 Å². The van der Waals surface area contributed by atoms with E-state index in [9.17, 15) is 20.3 Å². The Labute approximate surface area is 153 Å². The number of aliphatic hydroxyl groups excluding tert-OH is 2. The fraction of sp³-hybridized carbons (Fsp3) is 0.600. The van der Waals surface area contributed by atoms with Crippen molar-refractivity contribution in [1.82, 2.24) is 0 Å². The molecule has 0 aliphatic heterocycles. The second-order valence-electron chi connectivity index (χ2n) is 8.22. The van der Waals surface area contributed by atoms with Gasteiger partial charge in [-0.25, -0.2) is 0 Å². The second-order valence-corrected chi connectivity index (χ2v) is 8.22. The number of benzene rings is 1. The molecule has 0 aromatic heterocycles. The van der Waals surface area contributed by atoms with Gasteiger partial charge in [-0.3, -0.25) is 10.1 Å². The van der Waals surface area contributed by atoms with Crippen LogP contribution in [-0.4, -0.2) is 34.0 Å². The summed E-state index contributed by atoms with van der Waals surface area (Å²) in [6, 6.07) is 6.17. The van der Waals surface area contributed by atoms with Crippen LogP contribution in [0.15, 0.2) is 35.4 Å². The van der Waals surface area contributed by atoms with Crippen LogP contribution in [0, 0.1) is 27.4 Å². The minimum absolute atomic E-state index is 0.00129. The van der Waals surface area contributed by atoms with Gasteiger partial charge in [-0.1, -0.05) is 11.1 Å². The van der Waals surface area contributed by atoms with Gasteiger partial charge in [0.15, 0.2) is 0 Å². The molecule has 0 bridgehead atoms. The Hall–Kier alpha value is -1.92. The first kappa shape index (κ1) is 18.9. The molecule has 26 heavy (non-hydrogen) atoms. The number of rotatable bonds is 7. The number of allylic oxidation sites excluding steroid dienone is 1. The van der Waals surface area contributed by atoms with Gasteiger partial charge in [0, 0.05) is 23.5 Å². The van der Waals surface area contributed by atoms with Crippen molar-refractivity contribution in [3.05, 3.63) is 45.5 Å². The Bertz CT molecular complexity index is 718. The first-order valence-electron chi connectivity index (χ1n) is 9.09. The Morgan fingerprint density at radius 1 is 1.27 bits per heavy atom. The molecule has 0 radical (unpaired) electrons. The summed E-state index contributed by atoms with van der Waals surface area (Å²) in [5, 5.41) is 30.2. The second kappa shape index (κ2) is 6.67. The SMILES string of the molecule is CC1=C(C2CC2(CO)CO)[C@@H](C(C)(C)Oc2ccc([N+](=O)[O-])cc2)CC1. The van der Waals surface area contributed by atoms with Gasteiger partial charge >= 0.3 is 0 Å². The van der Waals surface area contributed by atoms with Gasteiger partial charge in [-0.05, 0) is 58.1 Å². The Morgan fingerprint density at radius 2 is 1.88 bits per heavy atom. The highest BCUT2D eigenvalue weighted by Crippen LogP contribution is 2.61. The van der Waals surface area contributed by atoms with E-state index in [-0.39, 0.29) is 36.2 Å². The number of nitro groups is 1. The van der Waals surface area contributed by atoms with E-state index in [4.69, 9.17) is 4.74 Å². The summed E-state index contributed by atoms with van der Waals surface area (Å²) in [5.74, 6) is 1.02. The number of nitrogens with zero attached hydrogens (tertiary/aromatic N) is 1. The summed E-state index contributed by atoms with van der Waals surface area (Å²) in [6.45, 7) is 6.22. The molecule has 1 fully saturated rings. The Kier molecular flexibility index (Phi) is 4.84. The standard InChI is InChI=1S/C20H27NO5/c1-13-4-9-16(18(13)17-10-20(17,11-22)12-23)19(2,3)26-15-7-5-14(6-8-15)21(24)25/h5-8,16-17,22-23H,4,9-12H2,1-3H3/t16-,17?/m0/s1. The van der Waals surface area contributed by atoms with Crippen LogP contribution in [0.3, 0.4) is 0 Å². The van der Waals surface area contributed by atoms with E-state index in [1.54, 1.807) is 12.1 Å². The van der Waals surface area contributed by atoms with Crippen molar-refractivity contribution in [2.75, 3.05) is 13.2 Å². The first-order valence-corrected chi connectivity index (χ1v) is 9.09. The normalized spacial score (nSPS) is 24.7. The number of nitro benzene ring substituents is 1. The number of hydrogen-bond acceptors (Lipinski definition) is 5. The quantitative estimate of drug-likeness (QED) is 0.441. The maximum Gasteiger partial charge on any atom is 0.269 e. The van der Waals surface area contributed by atoms with Crippen molar-refractivity contribution in [3.63, 3.8) is 0 Å². The van der Waals surface area contributed by atoms with Crippen LogP contribution in [0.5, 0.6) is 5.75 Å². The van der Waals surface area contributed by atoms with Crippen molar-refractivity contribution in [2.24, 2.45) is 17.3 Å². The van der Waals surface area contributed by atoms with Crippen molar-refractivity contribution in [3.8, 4) is 5.75 Å². The molecule has 3 rings (SSSR count). The molecule has 1 aromatic rings. The van der Waals surface area contributed by atoms with E-state index < -0.39 is 10.5 Å². The molecular weight excluding hydrogens is 334 g/mol. The zero-order valence-electron chi connectivity index (χ0n) is 15.6. The van der Waals surface area contributed by atoms with Gasteiger partial charge in [0.2, 0.25) is 0 Å². The minimum Gasteiger partial charge on any atom is -0.487 e. The van der Waals surface area contributed by atoms with Gasteiger partial charge in [-0.15, -0.1) is 0 Å². The van der Waals surface area contributed by atoms with Crippen LogP contribution >= 0.6 is 0 Å². The lowest BCUT2D eigenvalue weighted by atomic mass is 9.81. The highest BCUT2D eigenvalue weighted by Gasteiger charge is 2.58. The maximum atomic E-state index is 10.8. The lowest BCUT2D eigenvalue weighted by Gasteiger charge is -2.35. The van der Waals surface area contributed by atoms with Crippen molar-refractivity contribution >= 4 is 5.69 Å². The summed E-state index contributed by atoms with van der Waals surface area (Å²) >= 11 is 0. The van der Waals surface area contributed by atoms with E-state index >= 15 is 0 Å². The molecule has 1 saturated carbocycles. The van der Waals surface area contributed by atoms with E-state index in [1.165, 1.54) is 23.3 Å². The Balaban J connectivity index is 1.79. The van der Waals surface area contributed by atoms with E-state index in [0.29, 0.717) is 5.75 Å². The van der Waals surface area contributed by atoms with Crippen molar-refractivity contribution in [1.29, 1.82) is 0 Å². The zero-order chi connectivity index (χ0) is 19.1. The third-order valence-electron chi connectivity index (χ3n) is 6.14. The van der Waals surface area contributed by atoms with Gasteiger partial charge in [0.1, 0.15) is 11.4 Å².